The van der Waals surface area contributed by atoms with Crippen LogP contribution in [-0.4, -0.2) is 58.7 Å². The van der Waals surface area contributed by atoms with Gasteiger partial charge in [0.1, 0.15) is 0 Å². The lowest BCUT2D eigenvalue weighted by molar-refractivity contribution is -0.136. The maximum atomic E-state index is 13.3. The highest BCUT2D eigenvalue weighted by Crippen LogP contribution is 2.32. The average molecular weight is 526 g/mol. The molecular formula is C29H31N7O3. The molecule has 39 heavy (non-hydrogen) atoms. The van der Waals surface area contributed by atoms with Crippen LogP contribution >= 0.6 is 0 Å². The van der Waals surface area contributed by atoms with Gasteiger partial charge in [-0.2, -0.15) is 10.2 Å². The normalized spacial score (nSPS) is 17.9. The van der Waals surface area contributed by atoms with Gasteiger partial charge in [-0.15, -0.1) is 0 Å². The third-order valence-electron chi connectivity index (χ3n) is 7.27. The highest BCUT2D eigenvalue weighted by Gasteiger charge is 2.38. The number of carbonyl (C=O) groups excluding carboxylic acids is 2. The van der Waals surface area contributed by atoms with Crippen molar-refractivity contribution >= 4 is 29.4 Å². The first-order valence-corrected chi connectivity index (χ1v) is 13.2. The smallest absolute Gasteiger partial charge is 0.230 e. The third-order valence-corrected chi connectivity index (χ3v) is 7.27. The number of likely N-dealkylation sites (tertiary alicyclic amines) is 1. The van der Waals surface area contributed by atoms with Crippen molar-refractivity contribution in [1.82, 2.24) is 15.0 Å². The lowest BCUT2D eigenvalue weighted by atomic mass is 9.95. The molecule has 1 unspecified atom stereocenters. The second-order valence-electron chi connectivity index (χ2n) is 10.4. The fourth-order valence-electron chi connectivity index (χ4n) is 5.25. The molecule has 200 valence electrons. The first-order valence-electron chi connectivity index (χ1n) is 13.2. The number of nitriles is 1. The van der Waals surface area contributed by atoms with Crippen LogP contribution in [0.5, 0.6) is 0 Å². The summed E-state index contributed by atoms with van der Waals surface area (Å²) in [5, 5.41) is 24.4. The molecule has 0 saturated carbocycles. The van der Waals surface area contributed by atoms with Crippen molar-refractivity contribution in [1.29, 1.82) is 10.7 Å². The molecule has 0 bridgehead atoms. The van der Waals surface area contributed by atoms with Gasteiger partial charge in [0.2, 0.25) is 23.5 Å². The number of rotatable bonds is 7. The van der Waals surface area contributed by atoms with Gasteiger partial charge in [-0.1, -0.05) is 23.4 Å². The molecular weight excluding hydrogens is 494 g/mol. The molecule has 5 rings (SSSR count). The molecule has 2 fully saturated rings. The number of nitrogens with zero attached hydrogens (tertiary/aromatic N) is 5. The van der Waals surface area contributed by atoms with Crippen LogP contribution in [0.3, 0.4) is 0 Å². The molecule has 2 amide bonds. The van der Waals surface area contributed by atoms with Gasteiger partial charge in [0.15, 0.2) is 0 Å². The van der Waals surface area contributed by atoms with E-state index in [-0.39, 0.29) is 30.2 Å². The number of carbonyl (C=O) groups is 2. The van der Waals surface area contributed by atoms with Crippen LogP contribution in [0.25, 0.3) is 11.4 Å². The van der Waals surface area contributed by atoms with E-state index in [9.17, 15) is 9.59 Å². The van der Waals surface area contributed by atoms with Crippen LogP contribution < -0.4 is 10.2 Å². The minimum absolute atomic E-state index is 0.0107. The average Bonchev–Trinajstić information content (AvgIpc) is 3.60. The predicted molar refractivity (Wildman–Crippen MR) is 147 cm³/mol. The van der Waals surface area contributed by atoms with Crippen LogP contribution in [0.2, 0.25) is 0 Å². The summed E-state index contributed by atoms with van der Waals surface area (Å²) >= 11 is 0. The Labute approximate surface area is 227 Å². The SMILES string of the molecule is CC(C)Nc1cc(-c2noc(C3CCN(C(=O)C4CC(=O)N(c5cccc(C#N)c5)C4)CC3)n2)ccc1C=N. The van der Waals surface area contributed by atoms with Crippen LogP contribution in [0.15, 0.2) is 47.0 Å². The molecule has 1 atom stereocenters. The van der Waals surface area contributed by atoms with Gasteiger partial charge in [-0.3, -0.25) is 9.59 Å². The Hall–Kier alpha value is -4.52. The molecule has 10 nitrogen and oxygen atoms in total. The summed E-state index contributed by atoms with van der Waals surface area (Å²) in [6, 6.07) is 14.9. The van der Waals surface area contributed by atoms with Crippen LogP contribution in [-0.2, 0) is 9.59 Å². The van der Waals surface area contributed by atoms with E-state index in [1.807, 2.05) is 36.9 Å². The number of hydrogen-bond donors (Lipinski definition) is 2. The van der Waals surface area contributed by atoms with Crippen molar-refractivity contribution in [3.05, 3.63) is 59.5 Å². The number of aromatic nitrogens is 2. The predicted octanol–water partition coefficient (Wildman–Crippen LogP) is 4.19. The van der Waals surface area contributed by atoms with Crippen molar-refractivity contribution in [2.24, 2.45) is 5.92 Å². The van der Waals surface area contributed by atoms with Crippen molar-refractivity contribution in [2.75, 3.05) is 29.9 Å². The Morgan fingerprint density at radius 2 is 2.03 bits per heavy atom. The topological polar surface area (TPSA) is 139 Å². The Balaban J connectivity index is 1.20. The van der Waals surface area contributed by atoms with Crippen molar-refractivity contribution < 1.29 is 14.1 Å². The Bertz CT molecular complexity index is 1430. The van der Waals surface area contributed by atoms with Gasteiger partial charge in [0.25, 0.3) is 0 Å². The minimum Gasteiger partial charge on any atom is -0.382 e. The Morgan fingerprint density at radius 1 is 1.23 bits per heavy atom. The minimum atomic E-state index is -0.396. The molecule has 2 aliphatic rings. The quantitative estimate of drug-likeness (QED) is 0.441. The van der Waals surface area contributed by atoms with Crippen molar-refractivity contribution in [2.45, 2.75) is 45.1 Å². The van der Waals surface area contributed by atoms with Crippen LogP contribution in [0.1, 0.15) is 56.0 Å². The van der Waals surface area contributed by atoms with Crippen LogP contribution in [0, 0.1) is 22.7 Å². The van der Waals surface area contributed by atoms with Gasteiger partial charge in [0.05, 0.1) is 17.6 Å². The fourth-order valence-corrected chi connectivity index (χ4v) is 5.25. The number of amides is 2. The standard InChI is InChI=1S/C29H31N7O3/c1-18(2)32-25-13-21(6-7-22(25)16-31)27-33-28(39-34-27)20-8-10-35(11-9-20)29(38)23-14-26(37)36(17-23)24-5-3-4-19(12-24)15-30/h3-7,12-13,16,18,20,23,31-32H,8-11,14,17H2,1-2H3. The number of nitrogens with one attached hydrogen (secondary N) is 2. The van der Waals surface area contributed by atoms with E-state index in [0.717, 1.165) is 16.8 Å². The zero-order valence-electron chi connectivity index (χ0n) is 22.1. The highest BCUT2D eigenvalue weighted by atomic mass is 16.5. The number of piperidine rings is 1. The Morgan fingerprint density at radius 3 is 2.74 bits per heavy atom. The number of anilines is 2. The molecule has 10 heteroatoms. The van der Waals surface area contributed by atoms with Gasteiger partial charge in [-0.25, -0.2) is 0 Å². The molecule has 2 aliphatic heterocycles. The van der Waals surface area contributed by atoms with Crippen molar-refractivity contribution in [3.63, 3.8) is 0 Å². The summed E-state index contributed by atoms with van der Waals surface area (Å²) in [6.45, 7) is 5.53. The van der Waals surface area contributed by atoms with E-state index in [2.05, 4.69) is 21.5 Å². The van der Waals surface area contributed by atoms with Crippen molar-refractivity contribution in [3.8, 4) is 17.5 Å². The van der Waals surface area contributed by atoms with E-state index >= 15 is 0 Å². The first kappa shape index (κ1) is 26.1. The monoisotopic (exact) mass is 525 g/mol. The second-order valence-corrected chi connectivity index (χ2v) is 10.4. The van der Waals surface area contributed by atoms with Crippen LogP contribution in [0.4, 0.5) is 11.4 Å². The van der Waals surface area contributed by atoms with Gasteiger partial charge < -0.3 is 25.0 Å². The van der Waals surface area contributed by atoms with E-state index < -0.39 is 5.92 Å². The number of hydrogen-bond acceptors (Lipinski definition) is 8. The summed E-state index contributed by atoms with van der Waals surface area (Å²) < 4.78 is 5.62. The number of benzene rings is 2. The maximum Gasteiger partial charge on any atom is 0.230 e. The molecule has 2 aromatic carbocycles. The molecule has 3 heterocycles. The Kier molecular flexibility index (Phi) is 7.41. The van der Waals surface area contributed by atoms with E-state index in [4.69, 9.17) is 15.2 Å². The fraction of sp³-hybridized carbons (Fsp3) is 0.379. The molecule has 2 saturated heterocycles. The second kappa shape index (κ2) is 11.1. The molecule has 1 aromatic heterocycles. The molecule has 0 radical (unpaired) electrons. The zero-order chi connectivity index (χ0) is 27.5. The lowest BCUT2D eigenvalue weighted by Crippen LogP contribution is -2.42. The van der Waals surface area contributed by atoms with E-state index in [1.54, 1.807) is 29.2 Å². The van der Waals surface area contributed by atoms with Gasteiger partial charge in [-0.05, 0) is 51.0 Å². The third kappa shape index (κ3) is 5.53. The molecule has 0 spiro atoms. The van der Waals surface area contributed by atoms with Gasteiger partial charge >= 0.3 is 0 Å². The van der Waals surface area contributed by atoms with E-state index in [1.165, 1.54) is 6.21 Å². The van der Waals surface area contributed by atoms with E-state index in [0.29, 0.717) is 55.4 Å². The highest BCUT2D eigenvalue weighted by molar-refractivity contribution is 6.00. The summed E-state index contributed by atoms with van der Waals surface area (Å²) in [6.07, 6.45) is 2.90. The molecule has 0 aliphatic carbocycles. The van der Waals surface area contributed by atoms with Gasteiger partial charge in [0, 0.05) is 66.7 Å². The largest absolute Gasteiger partial charge is 0.382 e. The summed E-state index contributed by atoms with van der Waals surface area (Å²) in [5.74, 6) is 0.607. The summed E-state index contributed by atoms with van der Waals surface area (Å²) in [5.41, 5.74) is 3.58. The lowest BCUT2D eigenvalue weighted by Gasteiger charge is -2.32. The summed E-state index contributed by atoms with van der Waals surface area (Å²) in [4.78, 5) is 34.0. The molecule has 2 N–H and O–H groups in total. The molecule has 3 aromatic rings. The first-order chi connectivity index (χ1) is 18.9. The maximum absolute atomic E-state index is 13.3. The zero-order valence-corrected chi connectivity index (χ0v) is 22.1. The summed E-state index contributed by atoms with van der Waals surface area (Å²) in [7, 11) is 0.